The highest BCUT2D eigenvalue weighted by molar-refractivity contribution is 6.21. The van der Waals surface area contributed by atoms with E-state index in [4.69, 9.17) is 11.6 Å². The molecule has 1 aliphatic rings. The first-order valence-corrected chi connectivity index (χ1v) is 4.26. The van der Waals surface area contributed by atoms with Gasteiger partial charge in [0.1, 0.15) is 0 Å². The van der Waals surface area contributed by atoms with Crippen molar-refractivity contribution >= 4 is 11.6 Å². The zero-order valence-electron chi connectivity index (χ0n) is 6.19. The molecule has 0 aromatic carbocycles. The SMILES string of the molecule is FC(F)CNCC(Cl)C1CC1. The zero-order chi connectivity index (χ0) is 8.27. The van der Waals surface area contributed by atoms with Crippen LogP contribution in [0.3, 0.4) is 0 Å². The number of hydrogen-bond acceptors (Lipinski definition) is 1. The molecule has 0 heterocycles. The number of alkyl halides is 3. The van der Waals surface area contributed by atoms with Crippen molar-refractivity contribution in [3.63, 3.8) is 0 Å². The molecular weight excluding hydrogens is 172 g/mol. The molecule has 0 saturated heterocycles. The first-order valence-electron chi connectivity index (χ1n) is 3.83. The Balaban J connectivity index is 1.93. The summed E-state index contributed by atoms with van der Waals surface area (Å²) in [6, 6.07) is 0. The molecule has 0 aromatic rings. The van der Waals surface area contributed by atoms with Crippen molar-refractivity contribution in [2.75, 3.05) is 13.1 Å². The van der Waals surface area contributed by atoms with Gasteiger partial charge < -0.3 is 5.32 Å². The molecule has 1 saturated carbocycles. The Labute approximate surface area is 70.1 Å². The Morgan fingerprint density at radius 3 is 2.45 bits per heavy atom. The van der Waals surface area contributed by atoms with Gasteiger partial charge in [-0.3, -0.25) is 0 Å². The lowest BCUT2D eigenvalue weighted by Crippen LogP contribution is -2.28. The first kappa shape index (κ1) is 9.20. The second kappa shape index (κ2) is 4.21. The minimum absolute atomic E-state index is 0.0498. The fraction of sp³-hybridized carbons (Fsp3) is 1.00. The summed E-state index contributed by atoms with van der Waals surface area (Å²) in [5.41, 5.74) is 0. The predicted molar refractivity (Wildman–Crippen MR) is 41.2 cm³/mol. The molecule has 0 radical (unpaired) electrons. The van der Waals surface area contributed by atoms with Crippen molar-refractivity contribution in [3.05, 3.63) is 0 Å². The van der Waals surface area contributed by atoms with E-state index in [1.165, 1.54) is 0 Å². The lowest BCUT2D eigenvalue weighted by molar-refractivity contribution is 0.146. The minimum Gasteiger partial charge on any atom is -0.310 e. The van der Waals surface area contributed by atoms with Crippen LogP contribution in [0, 0.1) is 5.92 Å². The molecule has 1 aliphatic carbocycles. The molecule has 0 amide bonds. The van der Waals surface area contributed by atoms with Crippen LogP contribution in [0.5, 0.6) is 0 Å². The third-order valence-corrected chi connectivity index (χ3v) is 2.28. The Bertz CT molecular complexity index is 117. The topological polar surface area (TPSA) is 12.0 Å². The Hall–Kier alpha value is 0.110. The molecule has 1 atom stereocenters. The van der Waals surface area contributed by atoms with E-state index in [0.717, 1.165) is 12.8 Å². The summed E-state index contributed by atoms with van der Waals surface area (Å²) in [4.78, 5) is 0. The lowest BCUT2D eigenvalue weighted by Gasteiger charge is -2.08. The quantitative estimate of drug-likeness (QED) is 0.642. The average Bonchev–Trinajstić information content (AvgIpc) is 2.66. The Morgan fingerprint density at radius 1 is 1.36 bits per heavy atom. The molecule has 66 valence electrons. The van der Waals surface area contributed by atoms with Crippen molar-refractivity contribution in [1.82, 2.24) is 5.32 Å². The summed E-state index contributed by atoms with van der Waals surface area (Å²) >= 11 is 5.85. The van der Waals surface area contributed by atoms with Crippen molar-refractivity contribution in [2.45, 2.75) is 24.6 Å². The van der Waals surface area contributed by atoms with Gasteiger partial charge in [-0.1, -0.05) is 0 Å². The van der Waals surface area contributed by atoms with Crippen LogP contribution in [-0.2, 0) is 0 Å². The summed E-state index contributed by atoms with van der Waals surface area (Å²) in [6.07, 6.45) is 0.0489. The van der Waals surface area contributed by atoms with E-state index in [1.54, 1.807) is 0 Å². The molecule has 1 rings (SSSR count). The highest BCUT2D eigenvalue weighted by Gasteiger charge is 2.29. The normalized spacial score (nSPS) is 20.7. The van der Waals surface area contributed by atoms with Gasteiger partial charge in [-0.25, -0.2) is 8.78 Å². The molecule has 11 heavy (non-hydrogen) atoms. The van der Waals surface area contributed by atoms with Crippen molar-refractivity contribution in [3.8, 4) is 0 Å². The molecule has 1 unspecified atom stereocenters. The van der Waals surface area contributed by atoms with Crippen molar-refractivity contribution in [2.24, 2.45) is 5.92 Å². The van der Waals surface area contributed by atoms with E-state index < -0.39 is 6.43 Å². The molecule has 0 spiro atoms. The average molecular weight is 184 g/mol. The molecule has 1 fully saturated rings. The van der Waals surface area contributed by atoms with Crippen LogP contribution in [0.2, 0.25) is 0 Å². The number of halogens is 3. The molecule has 4 heteroatoms. The number of nitrogens with one attached hydrogen (secondary N) is 1. The van der Waals surface area contributed by atoms with Crippen molar-refractivity contribution < 1.29 is 8.78 Å². The van der Waals surface area contributed by atoms with Crippen LogP contribution in [0.15, 0.2) is 0 Å². The fourth-order valence-corrected chi connectivity index (χ4v) is 1.32. The van der Waals surface area contributed by atoms with E-state index in [1.807, 2.05) is 0 Å². The highest BCUT2D eigenvalue weighted by Crippen LogP contribution is 2.35. The van der Waals surface area contributed by atoms with Gasteiger partial charge in [0.25, 0.3) is 6.43 Å². The molecule has 0 aromatic heterocycles. The molecule has 1 nitrogen and oxygen atoms in total. The van der Waals surface area contributed by atoms with E-state index >= 15 is 0 Å². The Kier molecular flexibility index (Phi) is 3.52. The maximum atomic E-state index is 11.6. The van der Waals surface area contributed by atoms with Gasteiger partial charge in [0, 0.05) is 11.9 Å². The van der Waals surface area contributed by atoms with Crippen LogP contribution in [-0.4, -0.2) is 24.9 Å². The van der Waals surface area contributed by atoms with E-state index in [9.17, 15) is 8.78 Å². The summed E-state index contributed by atoms with van der Waals surface area (Å²) in [5, 5.41) is 2.67. The largest absolute Gasteiger partial charge is 0.310 e. The third-order valence-electron chi connectivity index (χ3n) is 1.77. The van der Waals surface area contributed by atoms with Gasteiger partial charge in [-0.15, -0.1) is 11.6 Å². The van der Waals surface area contributed by atoms with Crippen LogP contribution < -0.4 is 5.32 Å². The molecule has 0 aliphatic heterocycles. The van der Waals surface area contributed by atoms with Gasteiger partial charge in [-0.05, 0) is 18.8 Å². The lowest BCUT2D eigenvalue weighted by atomic mass is 10.3. The summed E-state index contributed by atoms with van der Waals surface area (Å²) in [5.74, 6) is 0.571. The second-order valence-electron chi connectivity index (χ2n) is 2.90. The first-order chi connectivity index (χ1) is 5.20. The van der Waals surface area contributed by atoms with E-state index in [0.29, 0.717) is 12.5 Å². The van der Waals surface area contributed by atoms with Crippen LogP contribution >= 0.6 is 11.6 Å². The fourth-order valence-electron chi connectivity index (χ4n) is 0.955. The molecule has 0 bridgehead atoms. The zero-order valence-corrected chi connectivity index (χ0v) is 6.95. The van der Waals surface area contributed by atoms with E-state index in [2.05, 4.69) is 5.32 Å². The summed E-state index contributed by atoms with van der Waals surface area (Å²) in [6.45, 7) is 0.270. The van der Waals surface area contributed by atoms with Crippen LogP contribution in [0.25, 0.3) is 0 Å². The van der Waals surface area contributed by atoms with Crippen LogP contribution in [0.4, 0.5) is 8.78 Å². The predicted octanol–water partition coefficient (Wildman–Crippen LogP) is 1.86. The second-order valence-corrected chi connectivity index (χ2v) is 3.46. The minimum atomic E-state index is -2.27. The smallest absolute Gasteiger partial charge is 0.250 e. The van der Waals surface area contributed by atoms with Gasteiger partial charge in [-0.2, -0.15) is 0 Å². The standard InChI is InChI=1S/C7H12ClF2N/c8-6(5-1-2-5)3-11-4-7(9)10/h5-7,11H,1-4H2. The highest BCUT2D eigenvalue weighted by atomic mass is 35.5. The maximum absolute atomic E-state index is 11.6. The maximum Gasteiger partial charge on any atom is 0.250 e. The molecule has 1 N–H and O–H groups in total. The third kappa shape index (κ3) is 3.87. The van der Waals surface area contributed by atoms with Gasteiger partial charge in [0.05, 0.1) is 6.54 Å². The summed E-state index contributed by atoms with van der Waals surface area (Å²) in [7, 11) is 0. The summed E-state index contributed by atoms with van der Waals surface area (Å²) < 4.78 is 23.2. The number of rotatable bonds is 5. The van der Waals surface area contributed by atoms with Gasteiger partial charge in [0.2, 0.25) is 0 Å². The van der Waals surface area contributed by atoms with Crippen molar-refractivity contribution in [1.29, 1.82) is 0 Å². The van der Waals surface area contributed by atoms with Gasteiger partial charge >= 0.3 is 0 Å². The van der Waals surface area contributed by atoms with Crippen LogP contribution in [0.1, 0.15) is 12.8 Å². The molecular formula is C7H12ClF2N. The number of hydrogen-bond donors (Lipinski definition) is 1. The van der Waals surface area contributed by atoms with Gasteiger partial charge in [0.15, 0.2) is 0 Å². The monoisotopic (exact) mass is 183 g/mol. The Morgan fingerprint density at radius 2 is 2.00 bits per heavy atom. The van der Waals surface area contributed by atoms with E-state index in [-0.39, 0.29) is 11.9 Å².